The fourth-order valence-electron chi connectivity index (χ4n) is 7.23. The van der Waals surface area contributed by atoms with Gasteiger partial charge in [-0.2, -0.15) is 0 Å². The van der Waals surface area contributed by atoms with Crippen molar-refractivity contribution >= 4 is 54.5 Å². The van der Waals surface area contributed by atoms with Gasteiger partial charge in [0.15, 0.2) is 5.82 Å². The number of rotatable bonds is 4. The summed E-state index contributed by atoms with van der Waals surface area (Å²) in [6, 6.07) is 57.0. The van der Waals surface area contributed by atoms with Crippen molar-refractivity contribution in [2.75, 3.05) is 0 Å². The van der Waals surface area contributed by atoms with Crippen molar-refractivity contribution in [3.05, 3.63) is 164 Å². The lowest BCUT2D eigenvalue weighted by Gasteiger charge is -2.14. The fraction of sp³-hybridized carbons (Fsp3) is 0. The second-order valence-electron chi connectivity index (χ2n) is 12.2. The van der Waals surface area contributed by atoms with Crippen LogP contribution >= 0.6 is 0 Å². The van der Waals surface area contributed by atoms with Gasteiger partial charge in [0.05, 0.1) is 27.8 Å². The van der Waals surface area contributed by atoms with Crippen molar-refractivity contribution in [3.63, 3.8) is 0 Å². The maximum absolute atomic E-state index is 6.77. The normalized spacial score (nSPS) is 11.8. The standard InChI is InChI=1S/C44H27N3O/c1-4-15-29(16-5-1)37-27-38(46-44(45-37)30-17-6-2-7-18-30)36-26-35-33-22-12-13-23-39(33)48-43(35)40-34-25-24-28-14-10-11-21-32(28)41(34)47(42(36)40)31-19-8-3-9-20-31/h1-27H. The predicted molar refractivity (Wildman–Crippen MR) is 197 cm³/mol. The van der Waals surface area contributed by atoms with Crippen molar-refractivity contribution in [1.82, 2.24) is 14.5 Å². The van der Waals surface area contributed by atoms with Gasteiger partial charge in [0.25, 0.3) is 0 Å². The molecule has 0 unspecified atom stereocenters. The largest absolute Gasteiger partial charge is 0.455 e. The number of hydrogen-bond donors (Lipinski definition) is 0. The van der Waals surface area contributed by atoms with Gasteiger partial charge >= 0.3 is 0 Å². The van der Waals surface area contributed by atoms with Gasteiger partial charge in [0.2, 0.25) is 0 Å². The molecule has 0 aliphatic rings. The van der Waals surface area contributed by atoms with E-state index in [0.29, 0.717) is 5.82 Å². The predicted octanol–water partition coefficient (Wildman–Crippen LogP) is 11.6. The minimum absolute atomic E-state index is 0.685. The zero-order chi connectivity index (χ0) is 31.6. The summed E-state index contributed by atoms with van der Waals surface area (Å²) in [4.78, 5) is 10.4. The second-order valence-corrected chi connectivity index (χ2v) is 12.2. The molecule has 3 aromatic heterocycles. The van der Waals surface area contributed by atoms with Crippen LogP contribution in [-0.4, -0.2) is 14.5 Å². The average Bonchev–Trinajstić information content (AvgIpc) is 3.72. The summed E-state index contributed by atoms with van der Waals surface area (Å²) in [5, 5.41) is 6.73. The minimum Gasteiger partial charge on any atom is -0.455 e. The van der Waals surface area contributed by atoms with Gasteiger partial charge in [0.1, 0.15) is 11.2 Å². The van der Waals surface area contributed by atoms with Crippen molar-refractivity contribution < 1.29 is 4.42 Å². The Balaban J connectivity index is 1.44. The van der Waals surface area contributed by atoms with E-state index in [0.717, 1.165) is 77.5 Å². The number of nitrogens with zero attached hydrogens (tertiary/aromatic N) is 3. The van der Waals surface area contributed by atoms with E-state index in [2.05, 4.69) is 138 Å². The number of benzene rings is 7. The van der Waals surface area contributed by atoms with Crippen LogP contribution in [0.4, 0.5) is 0 Å². The zero-order valence-corrected chi connectivity index (χ0v) is 25.8. The highest BCUT2D eigenvalue weighted by Gasteiger charge is 2.25. The van der Waals surface area contributed by atoms with Gasteiger partial charge in [-0.05, 0) is 35.7 Å². The van der Waals surface area contributed by atoms with Crippen molar-refractivity contribution in [2.24, 2.45) is 0 Å². The molecule has 7 aromatic carbocycles. The molecule has 224 valence electrons. The molecule has 0 radical (unpaired) electrons. The summed E-state index contributed by atoms with van der Waals surface area (Å²) >= 11 is 0. The van der Waals surface area contributed by atoms with Gasteiger partial charge in [0, 0.05) is 43.9 Å². The first-order chi connectivity index (χ1) is 23.8. The summed E-state index contributed by atoms with van der Waals surface area (Å²) in [7, 11) is 0. The van der Waals surface area contributed by atoms with E-state index in [4.69, 9.17) is 14.4 Å². The summed E-state index contributed by atoms with van der Waals surface area (Å²) in [6.45, 7) is 0. The van der Waals surface area contributed by atoms with Gasteiger partial charge in [-0.25, -0.2) is 9.97 Å². The third-order valence-corrected chi connectivity index (χ3v) is 9.38. The van der Waals surface area contributed by atoms with Gasteiger partial charge in [-0.3, -0.25) is 0 Å². The third-order valence-electron chi connectivity index (χ3n) is 9.38. The van der Waals surface area contributed by atoms with Crippen molar-refractivity contribution in [1.29, 1.82) is 0 Å². The van der Waals surface area contributed by atoms with Crippen LogP contribution in [0.2, 0.25) is 0 Å². The summed E-state index contributed by atoms with van der Waals surface area (Å²) in [5.41, 5.74) is 9.77. The maximum atomic E-state index is 6.77. The van der Waals surface area contributed by atoms with Gasteiger partial charge in [-0.1, -0.05) is 133 Å². The van der Waals surface area contributed by atoms with Crippen LogP contribution in [-0.2, 0) is 0 Å². The monoisotopic (exact) mass is 613 g/mol. The molecule has 0 amide bonds. The molecule has 0 fully saturated rings. The number of para-hydroxylation sites is 2. The van der Waals surface area contributed by atoms with Gasteiger partial charge < -0.3 is 8.98 Å². The van der Waals surface area contributed by atoms with Crippen LogP contribution in [0.15, 0.2) is 168 Å². The molecule has 0 bridgehead atoms. The lowest BCUT2D eigenvalue weighted by Crippen LogP contribution is -1.99. The Kier molecular flexibility index (Phi) is 5.84. The Morgan fingerprint density at radius 2 is 1.10 bits per heavy atom. The smallest absolute Gasteiger partial charge is 0.160 e. The Hall–Kier alpha value is -6.52. The zero-order valence-electron chi connectivity index (χ0n) is 25.8. The van der Waals surface area contributed by atoms with Crippen molar-refractivity contribution in [3.8, 4) is 39.6 Å². The highest BCUT2D eigenvalue weighted by Crippen LogP contribution is 2.47. The fourth-order valence-corrected chi connectivity index (χ4v) is 7.23. The molecule has 10 aromatic rings. The van der Waals surface area contributed by atoms with Crippen LogP contribution in [0.3, 0.4) is 0 Å². The Labute approximate surface area is 276 Å². The first kappa shape index (κ1) is 26.7. The van der Waals surface area contributed by atoms with Gasteiger partial charge in [-0.15, -0.1) is 0 Å². The number of hydrogen-bond acceptors (Lipinski definition) is 3. The number of aromatic nitrogens is 3. The summed E-state index contributed by atoms with van der Waals surface area (Å²) in [6.07, 6.45) is 0. The molecule has 0 aliphatic carbocycles. The number of fused-ring (bicyclic) bond motifs is 9. The van der Waals surface area contributed by atoms with E-state index in [1.807, 2.05) is 30.3 Å². The average molecular weight is 614 g/mol. The van der Waals surface area contributed by atoms with Crippen LogP contribution < -0.4 is 0 Å². The van der Waals surface area contributed by atoms with Crippen LogP contribution in [0.5, 0.6) is 0 Å². The molecule has 4 nitrogen and oxygen atoms in total. The minimum atomic E-state index is 0.685. The first-order valence-electron chi connectivity index (χ1n) is 16.2. The molecule has 0 saturated carbocycles. The van der Waals surface area contributed by atoms with E-state index < -0.39 is 0 Å². The van der Waals surface area contributed by atoms with E-state index in [9.17, 15) is 0 Å². The number of furan rings is 1. The Morgan fingerprint density at radius 3 is 1.90 bits per heavy atom. The Bertz CT molecular complexity index is 2760. The molecule has 48 heavy (non-hydrogen) atoms. The van der Waals surface area contributed by atoms with Crippen molar-refractivity contribution in [2.45, 2.75) is 0 Å². The van der Waals surface area contributed by atoms with Crippen LogP contribution in [0.1, 0.15) is 0 Å². The summed E-state index contributed by atoms with van der Waals surface area (Å²) < 4.78 is 9.17. The molecule has 0 aliphatic heterocycles. The molecule has 0 saturated heterocycles. The van der Waals surface area contributed by atoms with E-state index in [-0.39, 0.29) is 0 Å². The molecule has 3 heterocycles. The molecular formula is C44H27N3O. The first-order valence-corrected chi connectivity index (χ1v) is 16.2. The lowest BCUT2D eigenvalue weighted by atomic mass is 9.99. The van der Waals surface area contributed by atoms with E-state index in [1.54, 1.807) is 0 Å². The van der Waals surface area contributed by atoms with E-state index >= 15 is 0 Å². The highest BCUT2D eigenvalue weighted by atomic mass is 16.3. The van der Waals surface area contributed by atoms with E-state index in [1.165, 1.54) is 10.8 Å². The lowest BCUT2D eigenvalue weighted by molar-refractivity contribution is 0.673. The molecule has 4 heteroatoms. The Morgan fingerprint density at radius 1 is 0.458 bits per heavy atom. The molecule has 10 rings (SSSR count). The maximum Gasteiger partial charge on any atom is 0.160 e. The molecule has 0 N–H and O–H groups in total. The quantitative estimate of drug-likeness (QED) is 0.198. The summed E-state index contributed by atoms with van der Waals surface area (Å²) in [5.74, 6) is 0.685. The molecular weight excluding hydrogens is 587 g/mol. The molecule has 0 atom stereocenters. The van der Waals surface area contributed by atoms with Crippen LogP contribution in [0, 0.1) is 0 Å². The highest BCUT2D eigenvalue weighted by molar-refractivity contribution is 6.30. The topological polar surface area (TPSA) is 43.9 Å². The SMILES string of the molecule is c1ccc(-c2cc(-c3cc4c5ccccc5oc4c4c5ccc6ccccc6c5n(-c5ccccc5)c34)nc(-c3ccccc3)n2)cc1. The molecule has 0 spiro atoms. The third kappa shape index (κ3) is 4.03. The second kappa shape index (κ2) is 10.5. The van der Waals surface area contributed by atoms with Crippen LogP contribution in [0.25, 0.3) is 94.1 Å².